The maximum absolute atomic E-state index is 11.4. The van der Waals surface area contributed by atoms with Crippen LogP contribution < -0.4 is 10.5 Å². The van der Waals surface area contributed by atoms with E-state index in [1.807, 2.05) is 14.1 Å². The van der Waals surface area contributed by atoms with Crippen molar-refractivity contribution < 1.29 is 4.42 Å². The molecule has 0 N–H and O–H groups in total. The number of aryl methyl sites for hydroxylation is 1. The fraction of sp³-hybridized carbons (Fsp3) is 0.556. The first-order chi connectivity index (χ1) is 6.18. The quantitative estimate of drug-likeness (QED) is 0.634. The smallest absolute Gasteiger partial charge is 0.300 e. The molecule has 0 unspecified atom stereocenters. The zero-order valence-electron chi connectivity index (χ0n) is 7.83. The van der Waals surface area contributed by atoms with Crippen LogP contribution >= 0.6 is 0 Å². The normalized spacial score (nSPS) is 14.3. The SMILES string of the molecule is CN(C)c1nc(=O)c2c(o1)CCC2. The average Bonchev–Trinajstić information content (AvgIpc) is 2.51. The van der Waals surface area contributed by atoms with Crippen LogP contribution in [0.15, 0.2) is 9.21 Å². The number of rotatable bonds is 1. The molecule has 2 rings (SSSR count). The molecule has 0 atom stereocenters. The standard InChI is InChI=1S/C9H12N2O2/c1-11(2)9-10-8(12)6-4-3-5-7(6)13-9/h3-5H2,1-2H3. The van der Waals surface area contributed by atoms with E-state index in [1.165, 1.54) is 0 Å². The van der Waals surface area contributed by atoms with E-state index in [9.17, 15) is 4.79 Å². The molecule has 4 heteroatoms. The van der Waals surface area contributed by atoms with Gasteiger partial charge in [0.1, 0.15) is 5.76 Å². The van der Waals surface area contributed by atoms with Crippen LogP contribution in [0.1, 0.15) is 17.7 Å². The van der Waals surface area contributed by atoms with Gasteiger partial charge in [-0.15, -0.1) is 0 Å². The lowest BCUT2D eigenvalue weighted by Gasteiger charge is -2.09. The Kier molecular flexibility index (Phi) is 1.83. The molecule has 0 aromatic carbocycles. The second kappa shape index (κ2) is 2.87. The molecule has 0 bridgehead atoms. The van der Waals surface area contributed by atoms with Crippen LogP contribution in [0.5, 0.6) is 0 Å². The summed E-state index contributed by atoms with van der Waals surface area (Å²) in [4.78, 5) is 17.0. The average molecular weight is 180 g/mol. The van der Waals surface area contributed by atoms with Crippen LogP contribution in [0.2, 0.25) is 0 Å². The van der Waals surface area contributed by atoms with Crippen molar-refractivity contribution in [2.45, 2.75) is 19.3 Å². The van der Waals surface area contributed by atoms with Crippen molar-refractivity contribution in [1.82, 2.24) is 4.98 Å². The first-order valence-corrected chi connectivity index (χ1v) is 4.38. The van der Waals surface area contributed by atoms with Crippen molar-refractivity contribution in [3.05, 3.63) is 21.7 Å². The van der Waals surface area contributed by atoms with Gasteiger partial charge < -0.3 is 9.32 Å². The molecule has 0 saturated heterocycles. The van der Waals surface area contributed by atoms with Crippen molar-refractivity contribution in [2.75, 3.05) is 19.0 Å². The highest BCUT2D eigenvalue weighted by molar-refractivity contribution is 5.28. The maximum atomic E-state index is 11.4. The molecule has 0 radical (unpaired) electrons. The van der Waals surface area contributed by atoms with Crippen LogP contribution in [-0.4, -0.2) is 19.1 Å². The highest BCUT2D eigenvalue weighted by Gasteiger charge is 2.19. The highest BCUT2D eigenvalue weighted by Crippen LogP contribution is 2.20. The number of fused-ring (bicyclic) bond motifs is 1. The fourth-order valence-corrected chi connectivity index (χ4v) is 1.53. The fourth-order valence-electron chi connectivity index (χ4n) is 1.53. The molecule has 1 aliphatic rings. The van der Waals surface area contributed by atoms with Gasteiger partial charge in [-0.1, -0.05) is 0 Å². The van der Waals surface area contributed by atoms with Gasteiger partial charge in [0, 0.05) is 20.5 Å². The third-order valence-electron chi connectivity index (χ3n) is 2.22. The largest absolute Gasteiger partial charge is 0.430 e. The number of aromatic nitrogens is 1. The summed E-state index contributed by atoms with van der Waals surface area (Å²) in [7, 11) is 3.62. The van der Waals surface area contributed by atoms with E-state index in [4.69, 9.17) is 4.42 Å². The number of hydrogen-bond acceptors (Lipinski definition) is 4. The van der Waals surface area contributed by atoms with E-state index in [-0.39, 0.29) is 5.56 Å². The molecule has 1 heterocycles. The molecule has 0 spiro atoms. The van der Waals surface area contributed by atoms with Gasteiger partial charge in [0.15, 0.2) is 0 Å². The predicted octanol–water partition coefficient (Wildman–Crippen LogP) is 0.590. The highest BCUT2D eigenvalue weighted by atomic mass is 16.4. The Bertz CT molecular complexity index is 382. The summed E-state index contributed by atoms with van der Waals surface area (Å²) in [5.74, 6) is 0.823. The molecule has 13 heavy (non-hydrogen) atoms. The Morgan fingerprint density at radius 2 is 2.15 bits per heavy atom. The van der Waals surface area contributed by atoms with Crippen molar-refractivity contribution in [3.8, 4) is 0 Å². The summed E-state index contributed by atoms with van der Waals surface area (Å²) >= 11 is 0. The predicted molar refractivity (Wildman–Crippen MR) is 49.1 cm³/mol. The third kappa shape index (κ3) is 1.32. The van der Waals surface area contributed by atoms with Crippen molar-refractivity contribution in [1.29, 1.82) is 0 Å². The molecule has 4 nitrogen and oxygen atoms in total. The zero-order chi connectivity index (χ0) is 9.42. The first kappa shape index (κ1) is 8.29. The lowest BCUT2D eigenvalue weighted by atomic mass is 10.3. The van der Waals surface area contributed by atoms with Gasteiger partial charge in [0.25, 0.3) is 11.6 Å². The number of nitrogens with zero attached hydrogens (tertiary/aromatic N) is 2. The van der Waals surface area contributed by atoms with Gasteiger partial charge in [-0.25, -0.2) is 0 Å². The molecule has 0 fully saturated rings. The second-order valence-corrected chi connectivity index (χ2v) is 3.45. The minimum Gasteiger partial charge on any atom is -0.430 e. The summed E-state index contributed by atoms with van der Waals surface area (Å²) in [5, 5.41) is 0. The Labute approximate surface area is 76.2 Å². The van der Waals surface area contributed by atoms with Crippen LogP contribution in [0.4, 0.5) is 6.01 Å². The van der Waals surface area contributed by atoms with Gasteiger partial charge in [-0.05, 0) is 12.8 Å². The topological polar surface area (TPSA) is 46.3 Å². The van der Waals surface area contributed by atoms with Gasteiger partial charge in [-0.3, -0.25) is 4.79 Å². The van der Waals surface area contributed by atoms with E-state index in [0.29, 0.717) is 6.01 Å². The molecule has 1 aliphatic carbocycles. The second-order valence-electron chi connectivity index (χ2n) is 3.45. The summed E-state index contributed by atoms with van der Waals surface area (Å²) in [6.07, 6.45) is 2.69. The lowest BCUT2D eigenvalue weighted by Crippen LogP contribution is -2.19. The minimum atomic E-state index is -0.123. The van der Waals surface area contributed by atoms with Crippen molar-refractivity contribution in [2.24, 2.45) is 0 Å². The molecular weight excluding hydrogens is 168 g/mol. The van der Waals surface area contributed by atoms with Gasteiger partial charge >= 0.3 is 0 Å². The monoisotopic (exact) mass is 180 g/mol. The van der Waals surface area contributed by atoms with E-state index in [1.54, 1.807) is 4.90 Å². The zero-order valence-corrected chi connectivity index (χ0v) is 7.83. The van der Waals surface area contributed by atoms with Gasteiger partial charge in [0.2, 0.25) is 0 Å². The molecule has 1 aromatic heterocycles. The number of anilines is 1. The van der Waals surface area contributed by atoms with Crippen molar-refractivity contribution >= 4 is 6.01 Å². The molecule has 0 amide bonds. The molecule has 0 aliphatic heterocycles. The van der Waals surface area contributed by atoms with E-state index < -0.39 is 0 Å². The Balaban J connectivity index is 2.56. The van der Waals surface area contributed by atoms with Crippen LogP contribution in [-0.2, 0) is 12.8 Å². The molecule has 1 aromatic rings. The molecular formula is C9H12N2O2. The lowest BCUT2D eigenvalue weighted by molar-refractivity contribution is 0.481. The third-order valence-corrected chi connectivity index (χ3v) is 2.22. The maximum Gasteiger partial charge on any atom is 0.300 e. The summed E-state index contributed by atoms with van der Waals surface area (Å²) in [5.41, 5.74) is 0.646. The molecule has 70 valence electrons. The number of hydrogen-bond donors (Lipinski definition) is 0. The Morgan fingerprint density at radius 1 is 1.38 bits per heavy atom. The van der Waals surface area contributed by atoms with Crippen LogP contribution in [0.3, 0.4) is 0 Å². The summed E-state index contributed by atoms with van der Waals surface area (Å²) < 4.78 is 5.48. The van der Waals surface area contributed by atoms with E-state index in [0.717, 1.165) is 30.6 Å². The Hall–Kier alpha value is -1.32. The minimum absolute atomic E-state index is 0.123. The summed E-state index contributed by atoms with van der Waals surface area (Å²) in [6, 6.07) is 0.408. The van der Waals surface area contributed by atoms with Crippen molar-refractivity contribution in [3.63, 3.8) is 0 Å². The van der Waals surface area contributed by atoms with Gasteiger partial charge in [-0.2, -0.15) is 4.98 Å². The molecule has 0 saturated carbocycles. The van der Waals surface area contributed by atoms with Crippen LogP contribution in [0.25, 0.3) is 0 Å². The van der Waals surface area contributed by atoms with E-state index in [2.05, 4.69) is 4.98 Å². The first-order valence-electron chi connectivity index (χ1n) is 4.38. The van der Waals surface area contributed by atoms with Crippen LogP contribution in [0, 0.1) is 0 Å². The van der Waals surface area contributed by atoms with Gasteiger partial charge in [0.05, 0.1) is 5.56 Å². The summed E-state index contributed by atoms with van der Waals surface area (Å²) in [6.45, 7) is 0. The van der Waals surface area contributed by atoms with E-state index >= 15 is 0 Å². The Morgan fingerprint density at radius 3 is 2.85 bits per heavy atom.